The standard InChI is InChI=1S/C26H26FNO4/c1-3-31-26(30)23-16(2)28-21-5-4-6-22(29)25(21)24(23)18-9-13-20(14-10-18)32-15-17-7-11-19(27)12-8-17/h7-14,24,28H,3-6,15H2,1-2H3/t24-/m1/s1. The van der Waals surface area contributed by atoms with Crippen LogP contribution in [0, 0.1) is 5.82 Å². The van der Waals surface area contributed by atoms with Crippen molar-refractivity contribution in [1.29, 1.82) is 0 Å². The Morgan fingerprint density at radius 1 is 1.09 bits per heavy atom. The minimum absolute atomic E-state index is 0.0645. The van der Waals surface area contributed by atoms with E-state index in [2.05, 4.69) is 5.32 Å². The zero-order valence-corrected chi connectivity index (χ0v) is 18.2. The third-order valence-electron chi connectivity index (χ3n) is 5.80. The van der Waals surface area contributed by atoms with Crippen LogP contribution in [0.15, 0.2) is 71.1 Å². The van der Waals surface area contributed by atoms with E-state index in [0.717, 1.165) is 35.4 Å². The minimum atomic E-state index is -0.468. The molecular weight excluding hydrogens is 409 g/mol. The SMILES string of the molecule is CCOC(=O)C1=C(C)NC2=C(C(=O)CCC2)[C@@H]1c1ccc(OCc2ccc(F)cc2)cc1. The van der Waals surface area contributed by atoms with Gasteiger partial charge >= 0.3 is 5.97 Å². The molecule has 0 saturated heterocycles. The van der Waals surface area contributed by atoms with Crippen LogP contribution in [0.1, 0.15) is 50.2 Å². The maximum Gasteiger partial charge on any atom is 0.336 e. The summed E-state index contributed by atoms with van der Waals surface area (Å²) in [6.07, 6.45) is 2.06. The summed E-state index contributed by atoms with van der Waals surface area (Å²) in [5.74, 6) is -0.454. The summed E-state index contributed by atoms with van der Waals surface area (Å²) in [6, 6.07) is 13.6. The molecule has 0 saturated carbocycles. The summed E-state index contributed by atoms with van der Waals surface area (Å²) in [5.41, 5.74) is 4.45. The summed E-state index contributed by atoms with van der Waals surface area (Å²) in [4.78, 5) is 25.7. The number of dihydropyridines is 1. The van der Waals surface area contributed by atoms with E-state index < -0.39 is 11.9 Å². The van der Waals surface area contributed by atoms with Crippen molar-refractivity contribution in [3.8, 4) is 5.75 Å². The molecule has 0 bridgehead atoms. The third kappa shape index (κ3) is 4.44. The highest BCUT2D eigenvalue weighted by Gasteiger charge is 2.38. The van der Waals surface area contributed by atoms with Crippen LogP contribution < -0.4 is 10.1 Å². The average molecular weight is 435 g/mol. The van der Waals surface area contributed by atoms with Crippen LogP contribution in [0.2, 0.25) is 0 Å². The predicted molar refractivity (Wildman–Crippen MR) is 118 cm³/mol. The van der Waals surface area contributed by atoms with Gasteiger partial charge in [0.2, 0.25) is 0 Å². The molecule has 1 aliphatic heterocycles. The second-order valence-corrected chi connectivity index (χ2v) is 7.97. The van der Waals surface area contributed by atoms with E-state index in [9.17, 15) is 14.0 Å². The van der Waals surface area contributed by atoms with Gasteiger partial charge in [-0.05, 0) is 62.1 Å². The van der Waals surface area contributed by atoms with Crippen LogP contribution in [0.4, 0.5) is 4.39 Å². The van der Waals surface area contributed by atoms with Gasteiger partial charge in [0.1, 0.15) is 18.2 Å². The summed E-state index contributed by atoms with van der Waals surface area (Å²) >= 11 is 0. The van der Waals surface area contributed by atoms with Crippen molar-refractivity contribution < 1.29 is 23.5 Å². The van der Waals surface area contributed by atoms with Crippen molar-refractivity contribution in [1.82, 2.24) is 5.32 Å². The van der Waals surface area contributed by atoms with Gasteiger partial charge in [-0.3, -0.25) is 4.79 Å². The Hall–Kier alpha value is -3.41. The molecule has 32 heavy (non-hydrogen) atoms. The molecule has 2 aromatic carbocycles. The summed E-state index contributed by atoms with van der Waals surface area (Å²) in [7, 11) is 0. The minimum Gasteiger partial charge on any atom is -0.489 e. The lowest BCUT2D eigenvalue weighted by molar-refractivity contribution is -0.138. The number of ether oxygens (including phenoxy) is 2. The number of carbonyl (C=O) groups excluding carboxylic acids is 2. The summed E-state index contributed by atoms with van der Waals surface area (Å²) in [6.45, 7) is 4.19. The number of allylic oxidation sites excluding steroid dienone is 3. The Morgan fingerprint density at radius 2 is 1.81 bits per heavy atom. The van der Waals surface area contributed by atoms with Crippen LogP contribution >= 0.6 is 0 Å². The number of carbonyl (C=O) groups is 2. The average Bonchev–Trinajstić information content (AvgIpc) is 2.78. The van der Waals surface area contributed by atoms with Crippen molar-refractivity contribution in [3.63, 3.8) is 0 Å². The summed E-state index contributed by atoms with van der Waals surface area (Å²) in [5, 5.41) is 3.28. The van der Waals surface area contributed by atoms with Crippen molar-refractivity contribution in [2.75, 3.05) is 6.61 Å². The van der Waals surface area contributed by atoms with Gasteiger partial charge in [-0.15, -0.1) is 0 Å². The molecule has 5 nitrogen and oxygen atoms in total. The molecule has 0 spiro atoms. The zero-order chi connectivity index (χ0) is 22.7. The van der Waals surface area contributed by atoms with Gasteiger partial charge in [-0.2, -0.15) is 0 Å². The highest BCUT2D eigenvalue weighted by molar-refractivity contribution is 6.03. The number of halogens is 1. The lowest BCUT2D eigenvalue weighted by atomic mass is 9.75. The maximum absolute atomic E-state index is 13.1. The number of nitrogens with one attached hydrogen (secondary N) is 1. The molecule has 0 amide bonds. The molecule has 0 radical (unpaired) electrons. The fourth-order valence-electron chi connectivity index (χ4n) is 4.30. The van der Waals surface area contributed by atoms with E-state index in [1.54, 1.807) is 19.1 Å². The molecule has 1 heterocycles. The van der Waals surface area contributed by atoms with E-state index in [1.807, 2.05) is 31.2 Å². The van der Waals surface area contributed by atoms with Crippen molar-refractivity contribution in [2.45, 2.75) is 45.6 Å². The van der Waals surface area contributed by atoms with Crippen LogP contribution in [0.5, 0.6) is 5.75 Å². The van der Waals surface area contributed by atoms with Gasteiger partial charge in [0, 0.05) is 29.3 Å². The maximum atomic E-state index is 13.1. The number of ketones is 1. The first-order chi connectivity index (χ1) is 15.5. The molecule has 0 fully saturated rings. The number of hydrogen-bond donors (Lipinski definition) is 1. The molecule has 4 rings (SSSR count). The van der Waals surface area contributed by atoms with Gasteiger partial charge in [0.15, 0.2) is 5.78 Å². The third-order valence-corrected chi connectivity index (χ3v) is 5.80. The zero-order valence-electron chi connectivity index (χ0n) is 18.2. The molecule has 6 heteroatoms. The van der Waals surface area contributed by atoms with Gasteiger partial charge in [0.05, 0.1) is 12.2 Å². The monoisotopic (exact) mass is 435 g/mol. The van der Waals surface area contributed by atoms with Crippen molar-refractivity contribution in [2.24, 2.45) is 0 Å². The number of benzene rings is 2. The van der Waals surface area contributed by atoms with E-state index in [4.69, 9.17) is 9.47 Å². The molecule has 2 aliphatic rings. The van der Waals surface area contributed by atoms with Crippen molar-refractivity contribution >= 4 is 11.8 Å². The van der Waals surface area contributed by atoms with Crippen LogP contribution in [0.25, 0.3) is 0 Å². The first kappa shape index (κ1) is 21.8. The molecular formula is C26H26FNO4. The Balaban J connectivity index is 1.62. The number of hydrogen-bond acceptors (Lipinski definition) is 5. The molecule has 2 aromatic rings. The second-order valence-electron chi connectivity index (χ2n) is 7.97. The highest BCUT2D eigenvalue weighted by Crippen LogP contribution is 2.42. The smallest absolute Gasteiger partial charge is 0.336 e. The number of Topliss-reactive ketones (excluding diaryl/α,β-unsaturated/α-hetero) is 1. The highest BCUT2D eigenvalue weighted by atomic mass is 19.1. The Morgan fingerprint density at radius 3 is 2.50 bits per heavy atom. The fourth-order valence-corrected chi connectivity index (χ4v) is 4.30. The van der Waals surface area contributed by atoms with Crippen LogP contribution in [-0.4, -0.2) is 18.4 Å². The van der Waals surface area contributed by atoms with Gasteiger partial charge in [-0.1, -0.05) is 24.3 Å². The largest absolute Gasteiger partial charge is 0.489 e. The quantitative estimate of drug-likeness (QED) is 0.652. The van der Waals surface area contributed by atoms with E-state index in [0.29, 0.717) is 29.9 Å². The van der Waals surface area contributed by atoms with E-state index in [1.165, 1.54) is 12.1 Å². The Kier molecular flexibility index (Phi) is 6.40. The first-order valence-corrected chi connectivity index (χ1v) is 10.9. The fraction of sp³-hybridized carbons (Fsp3) is 0.308. The molecule has 0 unspecified atom stereocenters. The lowest BCUT2D eigenvalue weighted by Crippen LogP contribution is -2.34. The van der Waals surface area contributed by atoms with Gasteiger partial charge in [-0.25, -0.2) is 9.18 Å². The Bertz CT molecular complexity index is 1080. The van der Waals surface area contributed by atoms with Crippen LogP contribution in [-0.2, 0) is 20.9 Å². The molecule has 0 aromatic heterocycles. The second kappa shape index (κ2) is 9.39. The van der Waals surface area contributed by atoms with Crippen molar-refractivity contribution in [3.05, 3.63) is 88.0 Å². The molecule has 1 atom stereocenters. The lowest BCUT2D eigenvalue weighted by Gasteiger charge is -2.34. The predicted octanol–water partition coefficient (Wildman–Crippen LogP) is 4.94. The first-order valence-electron chi connectivity index (χ1n) is 10.9. The Labute approximate surface area is 186 Å². The molecule has 1 aliphatic carbocycles. The normalized spacial score (nSPS) is 18.2. The topological polar surface area (TPSA) is 64.6 Å². The van der Waals surface area contributed by atoms with Crippen LogP contribution in [0.3, 0.4) is 0 Å². The van der Waals surface area contributed by atoms with Gasteiger partial charge in [0.25, 0.3) is 0 Å². The number of esters is 1. The molecule has 166 valence electrons. The number of rotatable bonds is 6. The van der Waals surface area contributed by atoms with Gasteiger partial charge < -0.3 is 14.8 Å². The van der Waals surface area contributed by atoms with E-state index >= 15 is 0 Å². The summed E-state index contributed by atoms with van der Waals surface area (Å²) < 4.78 is 24.2. The molecule has 1 N–H and O–H groups in total. The van der Waals surface area contributed by atoms with E-state index in [-0.39, 0.29) is 18.2 Å².